The molecule has 1 saturated heterocycles. The van der Waals surface area contributed by atoms with Crippen LogP contribution in [-0.2, 0) is 6.61 Å². The lowest BCUT2D eigenvalue weighted by Crippen LogP contribution is -2.39. The second kappa shape index (κ2) is 9.53. The van der Waals surface area contributed by atoms with Crippen molar-refractivity contribution in [1.29, 1.82) is 0 Å². The van der Waals surface area contributed by atoms with E-state index in [9.17, 15) is 4.79 Å². The molecule has 2 aromatic carbocycles. The van der Waals surface area contributed by atoms with Crippen LogP contribution < -0.4 is 10.1 Å². The Kier molecular flexibility index (Phi) is 6.83. The van der Waals surface area contributed by atoms with Crippen molar-refractivity contribution < 1.29 is 9.53 Å². The summed E-state index contributed by atoms with van der Waals surface area (Å²) in [6.45, 7) is 4.22. The molecule has 26 heavy (non-hydrogen) atoms. The Morgan fingerprint density at radius 2 is 1.96 bits per heavy atom. The lowest BCUT2D eigenvalue weighted by molar-refractivity contribution is 0.200. The van der Waals surface area contributed by atoms with Crippen molar-refractivity contribution in [3.63, 3.8) is 0 Å². The van der Waals surface area contributed by atoms with Gasteiger partial charge in [-0.3, -0.25) is 0 Å². The minimum Gasteiger partial charge on any atom is -0.489 e. The first-order chi connectivity index (χ1) is 12.8. The maximum atomic E-state index is 12.4. The summed E-state index contributed by atoms with van der Waals surface area (Å²) in [5.74, 6) is 1.82. The van der Waals surface area contributed by atoms with Gasteiger partial charge in [-0.1, -0.05) is 55.8 Å². The molecule has 1 aliphatic rings. The summed E-state index contributed by atoms with van der Waals surface area (Å²) in [6, 6.07) is 18.3. The van der Waals surface area contributed by atoms with Crippen molar-refractivity contribution in [2.75, 3.05) is 18.8 Å². The minimum absolute atomic E-state index is 0.0397. The summed E-state index contributed by atoms with van der Waals surface area (Å²) >= 11 is 1.81. The number of carbonyl (C=O) groups excluding carboxylic acids is 1. The van der Waals surface area contributed by atoms with Crippen molar-refractivity contribution in [1.82, 2.24) is 10.2 Å². The van der Waals surface area contributed by atoms with Crippen LogP contribution in [0.25, 0.3) is 0 Å². The molecule has 0 spiro atoms. The van der Waals surface area contributed by atoms with Gasteiger partial charge in [-0.05, 0) is 29.7 Å². The van der Waals surface area contributed by atoms with Gasteiger partial charge < -0.3 is 15.0 Å². The molecule has 0 aromatic heterocycles. The molecule has 0 unspecified atom stereocenters. The first kappa shape index (κ1) is 18.6. The Morgan fingerprint density at radius 1 is 1.19 bits per heavy atom. The van der Waals surface area contributed by atoms with Gasteiger partial charge in [0.2, 0.25) is 0 Å². The topological polar surface area (TPSA) is 41.6 Å². The number of nitrogens with zero attached hydrogens (tertiary/aromatic N) is 1. The van der Waals surface area contributed by atoms with Crippen LogP contribution in [0.15, 0.2) is 54.6 Å². The number of rotatable bonds is 7. The van der Waals surface area contributed by atoms with Gasteiger partial charge in [0.25, 0.3) is 0 Å². The van der Waals surface area contributed by atoms with Gasteiger partial charge in [0.1, 0.15) is 17.7 Å². The van der Waals surface area contributed by atoms with E-state index in [1.807, 2.05) is 47.0 Å². The summed E-state index contributed by atoms with van der Waals surface area (Å²) in [4.78, 5) is 14.3. The van der Waals surface area contributed by atoms with Crippen LogP contribution >= 0.6 is 11.8 Å². The van der Waals surface area contributed by atoms with E-state index in [-0.39, 0.29) is 11.4 Å². The van der Waals surface area contributed by atoms with E-state index in [2.05, 4.69) is 36.5 Å². The molecule has 0 radical (unpaired) electrons. The van der Waals surface area contributed by atoms with Crippen molar-refractivity contribution in [3.8, 4) is 5.75 Å². The Labute approximate surface area is 159 Å². The molecule has 0 aliphatic carbocycles. The molecule has 1 N–H and O–H groups in total. The maximum absolute atomic E-state index is 12.4. The van der Waals surface area contributed by atoms with E-state index in [0.717, 1.165) is 48.6 Å². The molecule has 1 atom stereocenters. The van der Waals surface area contributed by atoms with Gasteiger partial charge >= 0.3 is 6.03 Å². The van der Waals surface area contributed by atoms with E-state index in [1.165, 1.54) is 0 Å². The van der Waals surface area contributed by atoms with Crippen LogP contribution in [0.4, 0.5) is 4.79 Å². The van der Waals surface area contributed by atoms with Crippen LogP contribution in [0.1, 0.15) is 36.3 Å². The molecular weight excluding hydrogens is 344 g/mol. The molecule has 1 heterocycles. The summed E-state index contributed by atoms with van der Waals surface area (Å²) in [6.07, 6.45) is 2.10. The van der Waals surface area contributed by atoms with Gasteiger partial charge in [-0.15, -0.1) is 11.8 Å². The quantitative estimate of drug-likeness (QED) is 0.710. The fourth-order valence-electron chi connectivity index (χ4n) is 2.90. The van der Waals surface area contributed by atoms with Crippen LogP contribution in [0.2, 0.25) is 0 Å². The average Bonchev–Trinajstić information content (AvgIpc) is 3.18. The summed E-state index contributed by atoms with van der Waals surface area (Å²) in [5.41, 5.74) is 2.29. The maximum Gasteiger partial charge on any atom is 0.318 e. The zero-order valence-corrected chi connectivity index (χ0v) is 16.0. The minimum atomic E-state index is 0.0397. The molecule has 1 aliphatic heterocycles. The van der Waals surface area contributed by atoms with Crippen LogP contribution in [0.3, 0.4) is 0 Å². The number of unbranched alkanes of at least 4 members (excludes halogenated alkanes) is 1. The third-order valence-corrected chi connectivity index (χ3v) is 5.63. The lowest BCUT2D eigenvalue weighted by Gasteiger charge is -2.24. The number of urea groups is 1. The van der Waals surface area contributed by atoms with E-state index in [1.54, 1.807) is 0 Å². The molecular formula is C21H26N2O2S. The Balaban J connectivity index is 1.57. The smallest absolute Gasteiger partial charge is 0.318 e. The fraction of sp³-hybridized carbons (Fsp3) is 0.381. The summed E-state index contributed by atoms with van der Waals surface area (Å²) in [5, 5.41) is 3.11. The SMILES string of the molecule is CCCCNC(=O)N1CCS[C@H]1c1ccc(OCc2ccccc2)cc1. The molecule has 2 amide bonds. The Hall–Kier alpha value is -2.14. The largest absolute Gasteiger partial charge is 0.489 e. The van der Waals surface area contributed by atoms with Crippen molar-refractivity contribution in [2.24, 2.45) is 0 Å². The molecule has 4 nitrogen and oxygen atoms in total. The van der Waals surface area contributed by atoms with E-state index in [4.69, 9.17) is 4.74 Å². The number of amides is 2. The average molecular weight is 371 g/mol. The van der Waals surface area contributed by atoms with E-state index in [0.29, 0.717) is 6.61 Å². The van der Waals surface area contributed by atoms with E-state index < -0.39 is 0 Å². The molecule has 0 bridgehead atoms. The highest BCUT2D eigenvalue weighted by Gasteiger charge is 2.30. The molecule has 5 heteroatoms. The molecule has 0 saturated carbocycles. The van der Waals surface area contributed by atoms with Gasteiger partial charge in [0.05, 0.1) is 0 Å². The fourth-order valence-corrected chi connectivity index (χ4v) is 4.15. The van der Waals surface area contributed by atoms with Crippen molar-refractivity contribution in [2.45, 2.75) is 31.7 Å². The number of nitrogens with one attached hydrogen (secondary N) is 1. The molecule has 1 fully saturated rings. The molecule has 2 aromatic rings. The van der Waals surface area contributed by atoms with Crippen molar-refractivity contribution in [3.05, 3.63) is 65.7 Å². The van der Waals surface area contributed by atoms with Gasteiger partial charge in [0.15, 0.2) is 0 Å². The van der Waals surface area contributed by atoms with Gasteiger partial charge in [-0.2, -0.15) is 0 Å². The van der Waals surface area contributed by atoms with Crippen LogP contribution in [-0.4, -0.2) is 29.8 Å². The third kappa shape index (κ3) is 4.94. The first-order valence-electron chi connectivity index (χ1n) is 9.20. The van der Waals surface area contributed by atoms with E-state index >= 15 is 0 Å². The number of hydrogen-bond donors (Lipinski definition) is 1. The third-order valence-electron chi connectivity index (χ3n) is 4.37. The second-order valence-electron chi connectivity index (χ2n) is 6.35. The zero-order valence-electron chi connectivity index (χ0n) is 15.2. The summed E-state index contributed by atoms with van der Waals surface area (Å²) in [7, 11) is 0. The molecule has 138 valence electrons. The van der Waals surface area contributed by atoms with Crippen LogP contribution in [0.5, 0.6) is 5.75 Å². The second-order valence-corrected chi connectivity index (χ2v) is 7.53. The number of benzene rings is 2. The summed E-state index contributed by atoms with van der Waals surface area (Å²) < 4.78 is 5.85. The number of ether oxygens (including phenoxy) is 1. The lowest BCUT2D eigenvalue weighted by atomic mass is 10.2. The van der Waals surface area contributed by atoms with Crippen LogP contribution in [0, 0.1) is 0 Å². The number of hydrogen-bond acceptors (Lipinski definition) is 3. The van der Waals surface area contributed by atoms with Crippen molar-refractivity contribution >= 4 is 17.8 Å². The van der Waals surface area contributed by atoms with Gasteiger partial charge in [0, 0.05) is 18.8 Å². The highest BCUT2D eigenvalue weighted by atomic mass is 32.2. The Morgan fingerprint density at radius 3 is 2.69 bits per heavy atom. The number of carbonyl (C=O) groups is 1. The zero-order chi connectivity index (χ0) is 18.2. The standard InChI is InChI=1S/C21H26N2O2S/c1-2-3-13-22-21(24)23-14-15-26-20(23)18-9-11-19(12-10-18)25-16-17-7-5-4-6-8-17/h4-12,20H,2-3,13-16H2,1H3,(H,22,24)/t20-/m0/s1. The highest BCUT2D eigenvalue weighted by Crippen LogP contribution is 2.38. The number of thioether (sulfide) groups is 1. The molecule has 3 rings (SSSR count). The predicted octanol–water partition coefficient (Wildman–Crippen LogP) is 4.82. The highest BCUT2D eigenvalue weighted by molar-refractivity contribution is 7.99. The van der Waals surface area contributed by atoms with Gasteiger partial charge in [-0.25, -0.2) is 4.79 Å². The first-order valence-corrected chi connectivity index (χ1v) is 10.3. The monoisotopic (exact) mass is 370 g/mol. The Bertz CT molecular complexity index is 691. The normalized spacial score (nSPS) is 16.5. The predicted molar refractivity (Wildman–Crippen MR) is 107 cm³/mol.